The molecule has 1 aromatic rings. The van der Waals surface area contributed by atoms with Crippen LogP contribution in [0.1, 0.15) is 23.6 Å². The maximum absolute atomic E-state index is 9.59. The molecule has 4 heteroatoms. The van der Waals surface area contributed by atoms with Crippen molar-refractivity contribution in [2.45, 2.75) is 25.0 Å². The molecule has 2 atom stereocenters. The highest BCUT2D eigenvalue weighted by molar-refractivity contribution is 5.45. The van der Waals surface area contributed by atoms with Gasteiger partial charge in [-0.05, 0) is 37.1 Å². The molecule has 4 nitrogen and oxygen atoms in total. The zero-order chi connectivity index (χ0) is 13.0. The van der Waals surface area contributed by atoms with Gasteiger partial charge in [0.15, 0.2) is 0 Å². The van der Waals surface area contributed by atoms with E-state index >= 15 is 0 Å². The predicted molar refractivity (Wildman–Crippen MR) is 69.9 cm³/mol. The minimum atomic E-state index is -0.577. The van der Waals surface area contributed by atoms with E-state index in [0.717, 1.165) is 18.6 Å². The van der Waals surface area contributed by atoms with Crippen molar-refractivity contribution < 1.29 is 14.6 Å². The van der Waals surface area contributed by atoms with Crippen molar-refractivity contribution in [1.82, 2.24) is 5.32 Å². The molecular weight excluding hydrogens is 230 g/mol. The van der Waals surface area contributed by atoms with Crippen molar-refractivity contribution in [3.05, 3.63) is 29.3 Å². The molecule has 0 aromatic heterocycles. The summed E-state index contributed by atoms with van der Waals surface area (Å²) in [5.41, 5.74) is 2.58. The second-order valence-corrected chi connectivity index (χ2v) is 4.62. The van der Waals surface area contributed by atoms with Crippen molar-refractivity contribution in [3.63, 3.8) is 0 Å². The van der Waals surface area contributed by atoms with Crippen molar-refractivity contribution in [1.29, 1.82) is 0 Å². The van der Waals surface area contributed by atoms with Crippen molar-refractivity contribution in [2.75, 3.05) is 27.4 Å². The number of benzene rings is 1. The third kappa shape index (κ3) is 2.83. The molecule has 0 aliphatic heterocycles. The van der Waals surface area contributed by atoms with E-state index in [1.165, 1.54) is 11.1 Å². The number of hydrogen-bond donors (Lipinski definition) is 2. The molecule has 0 spiro atoms. The van der Waals surface area contributed by atoms with Gasteiger partial charge in [0.1, 0.15) is 18.5 Å². The highest BCUT2D eigenvalue weighted by Gasteiger charge is 2.23. The summed E-state index contributed by atoms with van der Waals surface area (Å²) in [7, 11) is 3.55. The summed E-state index contributed by atoms with van der Waals surface area (Å²) in [6.07, 6.45) is 1.55. The number of rotatable bonds is 6. The van der Waals surface area contributed by atoms with Gasteiger partial charge in [-0.1, -0.05) is 12.1 Å². The summed E-state index contributed by atoms with van der Waals surface area (Å²) in [6.45, 7) is 0.572. The SMILES string of the molecule is CNC1CCc2c(OCC(O)COC)cccc21. The lowest BCUT2D eigenvalue weighted by Gasteiger charge is -2.15. The van der Waals surface area contributed by atoms with E-state index in [1.807, 2.05) is 19.2 Å². The standard InChI is InChI=1S/C14H21NO3/c1-15-13-7-6-12-11(13)4-3-5-14(12)18-9-10(16)8-17-2/h3-5,10,13,15-16H,6-9H2,1-2H3. The Labute approximate surface area is 108 Å². The van der Waals surface area contributed by atoms with Gasteiger partial charge < -0.3 is 19.9 Å². The molecule has 2 rings (SSSR count). The van der Waals surface area contributed by atoms with E-state index in [2.05, 4.69) is 11.4 Å². The molecule has 0 saturated heterocycles. The molecule has 1 aliphatic carbocycles. The Kier molecular flexibility index (Phi) is 4.58. The van der Waals surface area contributed by atoms with Crippen LogP contribution in [0.3, 0.4) is 0 Å². The van der Waals surface area contributed by atoms with Gasteiger partial charge in [-0.2, -0.15) is 0 Å². The van der Waals surface area contributed by atoms with Crippen LogP contribution >= 0.6 is 0 Å². The molecule has 2 unspecified atom stereocenters. The van der Waals surface area contributed by atoms with E-state index in [-0.39, 0.29) is 6.61 Å². The van der Waals surface area contributed by atoms with Crippen LogP contribution in [0.4, 0.5) is 0 Å². The summed E-state index contributed by atoms with van der Waals surface area (Å²) in [5, 5.41) is 12.9. The summed E-state index contributed by atoms with van der Waals surface area (Å²) < 4.78 is 10.6. The number of aliphatic hydroxyl groups excluding tert-OH is 1. The average Bonchev–Trinajstić information content (AvgIpc) is 2.80. The molecule has 0 bridgehead atoms. The Morgan fingerprint density at radius 1 is 1.44 bits per heavy atom. The van der Waals surface area contributed by atoms with E-state index < -0.39 is 6.10 Å². The first-order valence-electron chi connectivity index (χ1n) is 6.35. The summed E-state index contributed by atoms with van der Waals surface area (Å²) >= 11 is 0. The lowest BCUT2D eigenvalue weighted by molar-refractivity contribution is 0.0323. The maximum atomic E-state index is 9.59. The van der Waals surface area contributed by atoms with Gasteiger partial charge in [0.05, 0.1) is 6.61 Å². The minimum Gasteiger partial charge on any atom is -0.491 e. The van der Waals surface area contributed by atoms with Gasteiger partial charge >= 0.3 is 0 Å². The van der Waals surface area contributed by atoms with Crippen LogP contribution < -0.4 is 10.1 Å². The van der Waals surface area contributed by atoms with E-state index in [1.54, 1.807) is 7.11 Å². The highest BCUT2D eigenvalue weighted by Crippen LogP contribution is 2.36. The molecule has 100 valence electrons. The Morgan fingerprint density at radius 2 is 2.28 bits per heavy atom. The number of fused-ring (bicyclic) bond motifs is 1. The number of nitrogens with one attached hydrogen (secondary N) is 1. The van der Waals surface area contributed by atoms with Gasteiger partial charge in [0, 0.05) is 13.2 Å². The van der Waals surface area contributed by atoms with Crippen molar-refractivity contribution >= 4 is 0 Å². The Hall–Kier alpha value is -1.10. The van der Waals surface area contributed by atoms with Crippen molar-refractivity contribution in [3.8, 4) is 5.75 Å². The zero-order valence-electron chi connectivity index (χ0n) is 11.0. The number of aliphatic hydroxyl groups is 1. The smallest absolute Gasteiger partial charge is 0.122 e. The van der Waals surface area contributed by atoms with Gasteiger partial charge in [0.25, 0.3) is 0 Å². The number of hydrogen-bond acceptors (Lipinski definition) is 4. The lowest BCUT2D eigenvalue weighted by atomic mass is 10.1. The fourth-order valence-electron chi connectivity index (χ4n) is 2.48. The fraction of sp³-hybridized carbons (Fsp3) is 0.571. The quantitative estimate of drug-likeness (QED) is 0.799. The summed E-state index contributed by atoms with van der Waals surface area (Å²) in [6, 6.07) is 6.54. The first kappa shape index (κ1) is 13.3. The predicted octanol–water partition coefficient (Wildman–Crippen LogP) is 1.28. The van der Waals surface area contributed by atoms with Crippen molar-refractivity contribution in [2.24, 2.45) is 0 Å². The first-order chi connectivity index (χ1) is 8.76. The van der Waals surface area contributed by atoms with Crippen LogP contribution in [0, 0.1) is 0 Å². The van der Waals surface area contributed by atoms with E-state index in [9.17, 15) is 5.11 Å². The molecular formula is C14H21NO3. The first-order valence-corrected chi connectivity index (χ1v) is 6.35. The van der Waals surface area contributed by atoms with Crippen LogP contribution in [0.15, 0.2) is 18.2 Å². The topological polar surface area (TPSA) is 50.7 Å². The molecule has 0 radical (unpaired) electrons. The van der Waals surface area contributed by atoms with E-state index in [4.69, 9.17) is 9.47 Å². The summed E-state index contributed by atoms with van der Waals surface area (Å²) in [5.74, 6) is 0.889. The third-order valence-corrected chi connectivity index (χ3v) is 3.37. The average molecular weight is 251 g/mol. The molecule has 1 aromatic carbocycles. The Balaban J connectivity index is 2.04. The monoisotopic (exact) mass is 251 g/mol. The molecule has 0 amide bonds. The van der Waals surface area contributed by atoms with Crippen LogP contribution in [0.5, 0.6) is 5.75 Å². The number of methoxy groups -OCH3 is 1. The van der Waals surface area contributed by atoms with E-state index in [0.29, 0.717) is 12.6 Å². The van der Waals surface area contributed by atoms with Gasteiger partial charge in [-0.25, -0.2) is 0 Å². The third-order valence-electron chi connectivity index (χ3n) is 3.37. The van der Waals surface area contributed by atoms with Crippen LogP contribution in [0.2, 0.25) is 0 Å². The highest BCUT2D eigenvalue weighted by atomic mass is 16.5. The Bertz CT molecular complexity index is 395. The molecule has 1 aliphatic rings. The minimum absolute atomic E-state index is 0.272. The molecule has 18 heavy (non-hydrogen) atoms. The normalized spacial score (nSPS) is 19.6. The second kappa shape index (κ2) is 6.18. The fourth-order valence-corrected chi connectivity index (χ4v) is 2.48. The van der Waals surface area contributed by atoms with Crippen LogP contribution in [-0.2, 0) is 11.2 Å². The lowest BCUT2D eigenvalue weighted by Crippen LogP contribution is -2.23. The molecule has 0 heterocycles. The maximum Gasteiger partial charge on any atom is 0.122 e. The van der Waals surface area contributed by atoms with Crippen LogP contribution in [-0.4, -0.2) is 38.6 Å². The van der Waals surface area contributed by atoms with Gasteiger partial charge in [0.2, 0.25) is 0 Å². The Morgan fingerprint density at radius 3 is 3.00 bits per heavy atom. The van der Waals surface area contributed by atoms with Gasteiger partial charge in [-0.3, -0.25) is 0 Å². The largest absolute Gasteiger partial charge is 0.491 e. The number of ether oxygens (including phenoxy) is 2. The second-order valence-electron chi connectivity index (χ2n) is 4.62. The van der Waals surface area contributed by atoms with Gasteiger partial charge in [-0.15, -0.1) is 0 Å². The molecule has 0 saturated carbocycles. The zero-order valence-corrected chi connectivity index (χ0v) is 11.0. The van der Waals surface area contributed by atoms with Crippen LogP contribution in [0.25, 0.3) is 0 Å². The molecule has 2 N–H and O–H groups in total. The summed E-state index contributed by atoms with van der Waals surface area (Å²) in [4.78, 5) is 0. The molecule has 0 fully saturated rings.